The molecule has 9 heteroatoms. The van der Waals surface area contributed by atoms with Gasteiger partial charge in [0.05, 0.1) is 36.1 Å². The lowest BCUT2D eigenvalue weighted by Gasteiger charge is -2.19. The first-order valence-corrected chi connectivity index (χ1v) is 13.2. The van der Waals surface area contributed by atoms with Crippen LogP contribution in [0.15, 0.2) is 41.5 Å². The van der Waals surface area contributed by atoms with E-state index in [1.807, 2.05) is 17.3 Å². The number of thiazole rings is 2. The summed E-state index contributed by atoms with van der Waals surface area (Å²) in [4.78, 5) is 27.5. The number of thiophene rings is 1. The minimum Gasteiger partial charge on any atom is -0.489 e. The maximum absolute atomic E-state index is 13.0. The van der Waals surface area contributed by atoms with Gasteiger partial charge in [-0.2, -0.15) is 0 Å². The Morgan fingerprint density at radius 2 is 2.12 bits per heavy atom. The fourth-order valence-corrected chi connectivity index (χ4v) is 6.00. The molecule has 1 aliphatic heterocycles. The van der Waals surface area contributed by atoms with Crippen LogP contribution < -0.4 is 9.47 Å². The normalized spacial score (nSPS) is 13.3. The summed E-state index contributed by atoms with van der Waals surface area (Å²) in [7, 11) is 0. The third-order valence-corrected chi connectivity index (χ3v) is 8.29. The second kappa shape index (κ2) is 9.62. The van der Waals surface area contributed by atoms with Gasteiger partial charge in [0.1, 0.15) is 11.5 Å². The molecule has 0 saturated carbocycles. The number of nitrogens with zero attached hydrogens (tertiary/aromatic N) is 3. The van der Waals surface area contributed by atoms with Gasteiger partial charge in [0, 0.05) is 33.2 Å². The van der Waals surface area contributed by atoms with E-state index in [9.17, 15) is 4.79 Å². The monoisotopic (exact) mass is 497 g/mol. The number of ether oxygens (including phenoxy) is 2. The number of aromatic nitrogens is 2. The quantitative estimate of drug-likeness (QED) is 0.347. The van der Waals surface area contributed by atoms with Crippen LogP contribution in [0.25, 0.3) is 10.4 Å². The number of aryl methyl sites for hydroxylation is 2. The molecule has 0 spiro atoms. The molecule has 4 aromatic rings. The minimum atomic E-state index is -0.0190. The van der Waals surface area contributed by atoms with Crippen molar-refractivity contribution in [2.75, 3.05) is 19.8 Å². The molecular weight excluding hydrogens is 474 g/mol. The van der Waals surface area contributed by atoms with E-state index in [1.54, 1.807) is 34.4 Å². The van der Waals surface area contributed by atoms with E-state index in [2.05, 4.69) is 41.2 Å². The highest BCUT2D eigenvalue weighted by Crippen LogP contribution is 2.40. The van der Waals surface area contributed by atoms with Gasteiger partial charge in [0.2, 0.25) is 0 Å². The van der Waals surface area contributed by atoms with Crippen molar-refractivity contribution >= 4 is 39.9 Å². The van der Waals surface area contributed by atoms with Crippen molar-refractivity contribution in [2.45, 2.75) is 26.8 Å². The average molecular weight is 498 g/mol. The number of fused-ring (bicyclic) bond motifs is 1. The molecule has 3 aromatic heterocycles. The zero-order valence-electron chi connectivity index (χ0n) is 18.4. The Labute approximate surface area is 204 Å². The summed E-state index contributed by atoms with van der Waals surface area (Å²) in [5.41, 5.74) is 6.64. The number of rotatable bonds is 6. The molecule has 1 aromatic carbocycles. The lowest BCUT2D eigenvalue weighted by molar-refractivity contribution is 0.0737. The van der Waals surface area contributed by atoms with Gasteiger partial charge in [-0.25, -0.2) is 4.98 Å². The van der Waals surface area contributed by atoms with Crippen molar-refractivity contribution < 1.29 is 14.3 Å². The van der Waals surface area contributed by atoms with Crippen molar-refractivity contribution in [2.24, 2.45) is 0 Å². The van der Waals surface area contributed by atoms with Gasteiger partial charge in [-0.3, -0.25) is 9.78 Å². The Kier molecular flexibility index (Phi) is 6.43. The molecule has 0 saturated heterocycles. The van der Waals surface area contributed by atoms with Crippen LogP contribution in [0.2, 0.25) is 0 Å². The maximum atomic E-state index is 13.0. The molecule has 0 atom stereocenters. The Balaban J connectivity index is 1.46. The van der Waals surface area contributed by atoms with Crippen LogP contribution in [0.5, 0.6) is 11.5 Å². The highest BCUT2D eigenvalue weighted by Gasteiger charge is 2.25. The highest BCUT2D eigenvalue weighted by atomic mass is 32.1. The molecule has 6 nitrogen and oxygen atoms in total. The third-order valence-electron chi connectivity index (χ3n) is 5.49. The predicted octanol–water partition coefficient (Wildman–Crippen LogP) is 5.60. The van der Waals surface area contributed by atoms with E-state index in [-0.39, 0.29) is 5.91 Å². The van der Waals surface area contributed by atoms with Crippen LogP contribution in [-0.4, -0.2) is 40.5 Å². The van der Waals surface area contributed by atoms with Crippen LogP contribution in [0, 0.1) is 13.8 Å². The lowest BCUT2D eigenvalue weighted by Crippen LogP contribution is -2.31. The largest absolute Gasteiger partial charge is 0.489 e. The molecule has 33 heavy (non-hydrogen) atoms. The second-order valence-corrected chi connectivity index (χ2v) is 10.9. The Morgan fingerprint density at radius 1 is 1.21 bits per heavy atom. The van der Waals surface area contributed by atoms with Gasteiger partial charge in [0.25, 0.3) is 5.91 Å². The van der Waals surface area contributed by atoms with E-state index < -0.39 is 0 Å². The number of hydrogen-bond acceptors (Lipinski definition) is 8. The Hall–Kier alpha value is -2.75. The van der Waals surface area contributed by atoms with Gasteiger partial charge in [0.15, 0.2) is 11.5 Å². The van der Waals surface area contributed by atoms with Gasteiger partial charge in [-0.1, -0.05) is 0 Å². The first kappa shape index (κ1) is 22.1. The first-order valence-electron chi connectivity index (χ1n) is 10.6. The van der Waals surface area contributed by atoms with Crippen molar-refractivity contribution in [1.29, 1.82) is 0 Å². The number of amides is 1. The summed E-state index contributed by atoms with van der Waals surface area (Å²) >= 11 is 4.76. The number of hydrogen-bond donors (Lipinski definition) is 0. The molecule has 0 fully saturated rings. The molecule has 0 radical (unpaired) electrons. The molecule has 0 bridgehead atoms. The van der Waals surface area contributed by atoms with Crippen LogP contribution in [-0.2, 0) is 13.0 Å². The van der Waals surface area contributed by atoms with Crippen molar-refractivity contribution in [3.8, 4) is 21.9 Å². The lowest BCUT2D eigenvalue weighted by atomic mass is 10.1. The molecule has 4 heterocycles. The van der Waals surface area contributed by atoms with Crippen LogP contribution in [0.1, 0.15) is 30.7 Å². The van der Waals surface area contributed by atoms with Crippen molar-refractivity contribution in [3.63, 3.8) is 0 Å². The first-order chi connectivity index (χ1) is 16.1. The number of carbonyl (C=O) groups is 1. The number of benzene rings is 1. The Morgan fingerprint density at radius 3 is 2.85 bits per heavy atom. The SMILES string of the molecule is Cc1ccc(-c2cc3c(c(OCCc4scnc4C)c2)OCCN(C(=O)c2cncs2)C3)s1. The van der Waals surface area contributed by atoms with Gasteiger partial charge >= 0.3 is 0 Å². The molecule has 0 unspecified atom stereocenters. The minimum absolute atomic E-state index is 0.0190. The fourth-order valence-electron chi connectivity index (χ4n) is 3.79. The molecule has 1 aliphatic rings. The van der Waals surface area contributed by atoms with E-state index >= 15 is 0 Å². The highest BCUT2D eigenvalue weighted by molar-refractivity contribution is 7.15. The predicted molar refractivity (Wildman–Crippen MR) is 133 cm³/mol. The zero-order chi connectivity index (χ0) is 22.8. The summed E-state index contributed by atoms with van der Waals surface area (Å²) in [6, 6.07) is 8.43. The van der Waals surface area contributed by atoms with Crippen molar-refractivity contribution in [3.05, 3.63) is 67.4 Å². The van der Waals surface area contributed by atoms with E-state index in [0.29, 0.717) is 31.2 Å². The summed E-state index contributed by atoms with van der Waals surface area (Å²) in [5.74, 6) is 1.44. The molecule has 5 rings (SSSR count). The van der Waals surface area contributed by atoms with E-state index in [0.717, 1.165) is 34.7 Å². The summed E-state index contributed by atoms with van der Waals surface area (Å²) < 4.78 is 12.4. The standard InChI is InChI=1S/C24H23N3O3S3/c1-15-3-4-21(33-15)17-9-18-12-27(24(28)22-11-25-13-31-22)6-8-30-23(18)19(10-17)29-7-5-20-16(2)26-14-32-20/h3-4,9-11,13-14H,5-8,12H2,1-2H3. The topological polar surface area (TPSA) is 64.6 Å². The zero-order valence-corrected chi connectivity index (χ0v) is 20.8. The van der Waals surface area contributed by atoms with E-state index in [1.165, 1.54) is 26.0 Å². The number of carbonyl (C=O) groups excluding carboxylic acids is 1. The van der Waals surface area contributed by atoms with E-state index in [4.69, 9.17) is 9.47 Å². The summed E-state index contributed by atoms with van der Waals surface area (Å²) in [6.45, 7) is 6.06. The molecule has 0 N–H and O–H groups in total. The van der Waals surface area contributed by atoms with Crippen LogP contribution >= 0.6 is 34.0 Å². The van der Waals surface area contributed by atoms with Crippen molar-refractivity contribution in [1.82, 2.24) is 14.9 Å². The Bertz CT molecular complexity index is 1260. The fraction of sp³-hybridized carbons (Fsp3) is 0.292. The third kappa shape index (κ3) is 4.80. The molecular formula is C24H23N3O3S3. The summed E-state index contributed by atoms with van der Waals surface area (Å²) in [5, 5.41) is 0. The molecule has 1 amide bonds. The molecule has 170 valence electrons. The van der Waals surface area contributed by atoms with Gasteiger partial charge in [-0.15, -0.1) is 34.0 Å². The summed E-state index contributed by atoms with van der Waals surface area (Å²) in [6.07, 6.45) is 2.42. The molecule has 0 aliphatic carbocycles. The van der Waals surface area contributed by atoms with Crippen LogP contribution in [0.4, 0.5) is 0 Å². The smallest absolute Gasteiger partial charge is 0.265 e. The van der Waals surface area contributed by atoms with Gasteiger partial charge < -0.3 is 14.4 Å². The van der Waals surface area contributed by atoms with Gasteiger partial charge in [-0.05, 0) is 43.7 Å². The average Bonchev–Trinajstić information content (AvgIpc) is 3.54. The maximum Gasteiger partial charge on any atom is 0.265 e. The van der Waals surface area contributed by atoms with Crippen LogP contribution in [0.3, 0.4) is 0 Å². The second-order valence-electron chi connectivity index (χ2n) is 7.77.